The van der Waals surface area contributed by atoms with Crippen molar-refractivity contribution in [1.29, 1.82) is 0 Å². The summed E-state index contributed by atoms with van der Waals surface area (Å²) in [6.45, 7) is 2.26. The van der Waals surface area contributed by atoms with Crippen molar-refractivity contribution in [3.63, 3.8) is 0 Å². The Morgan fingerprint density at radius 2 is 1.54 bits per heavy atom. The highest BCUT2D eigenvalue weighted by molar-refractivity contribution is 5.66. The SMILES string of the molecule is Cc1nn(-c2ccccc2)c2c1[C@H](c1ccccc1)c1c(ncn3nc(COc4ccccc4)nc13)O2. The molecule has 0 spiro atoms. The highest BCUT2D eigenvalue weighted by Gasteiger charge is 2.38. The van der Waals surface area contributed by atoms with Crippen LogP contribution in [0.25, 0.3) is 11.3 Å². The van der Waals surface area contributed by atoms with Crippen LogP contribution in [0, 0.1) is 6.92 Å². The van der Waals surface area contributed by atoms with E-state index in [9.17, 15) is 0 Å². The van der Waals surface area contributed by atoms with Crippen LogP contribution in [0.3, 0.4) is 0 Å². The summed E-state index contributed by atoms with van der Waals surface area (Å²) in [6.07, 6.45) is 1.64. The number of nitrogens with zero attached hydrogens (tertiary/aromatic N) is 6. The Morgan fingerprint density at radius 3 is 2.30 bits per heavy atom. The van der Waals surface area contributed by atoms with Gasteiger partial charge in [-0.3, -0.25) is 0 Å². The fourth-order valence-corrected chi connectivity index (χ4v) is 4.87. The maximum atomic E-state index is 6.46. The Bertz CT molecular complexity index is 1710. The van der Waals surface area contributed by atoms with Gasteiger partial charge >= 0.3 is 0 Å². The van der Waals surface area contributed by atoms with Gasteiger partial charge in [-0.1, -0.05) is 66.7 Å². The Morgan fingerprint density at radius 1 is 0.838 bits per heavy atom. The van der Waals surface area contributed by atoms with Crippen LogP contribution >= 0.6 is 0 Å². The lowest BCUT2D eigenvalue weighted by molar-refractivity contribution is 0.296. The minimum Gasteiger partial charge on any atom is -0.486 e. The molecule has 1 aliphatic rings. The number of ether oxygens (including phenoxy) is 2. The maximum Gasteiger partial charge on any atom is 0.230 e. The van der Waals surface area contributed by atoms with Gasteiger partial charge in [-0.25, -0.2) is 19.2 Å². The maximum absolute atomic E-state index is 6.46. The molecule has 8 nitrogen and oxygen atoms in total. The van der Waals surface area contributed by atoms with E-state index in [2.05, 4.69) is 22.2 Å². The van der Waals surface area contributed by atoms with E-state index in [4.69, 9.17) is 19.6 Å². The third-order valence-corrected chi connectivity index (χ3v) is 6.51. The molecule has 0 bridgehead atoms. The van der Waals surface area contributed by atoms with Gasteiger partial charge in [0.1, 0.15) is 18.7 Å². The number of rotatable bonds is 5. The third-order valence-electron chi connectivity index (χ3n) is 6.51. The van der Waals surface area contributed by atoms with Gasteiger partial charge < -0.3 is 9.47 Å². The summed E-state index contributed by atoms with van der Waals surface area (Å²) in [5.41, 5.74) is 5.43. The molecule has 0 amide bonds. The van der Waals surface area contributed by atoms with Gasteiger partial charge in [-0.05, 0) is 36.8 Å². The molecule has 4 heterocycles. The Hall–Kier alpha value is -4.98. The zero-order valence-corrected chi connectivity index (χ0v) is 20.0. The topological polar surface area (TPSA) is 79.4 Å². The van der Waals surface area contributed by atoms with E-state index < -0.39 is 0 Å². The number of aromatic nitrogens is 6. The quantitative estimate of drug-likeness (QED) is 0.320. The molecule has 7 rings (SSSR count). The molecule has 0 radical (unpaired) electrons. The number of aryl methyl sites for hydroxylation is 1. The summed E-state index contributed by atoms with van der Waals surface area (Å²) < 4.78 is 15.9. The zero-order chi connectivity index (χ0) is 24.8. The first kappa shape index (κ1) is 21.3. The van der Waals surface area contributed by atoms with Gasteiger partial charge in [0.15, 0.2) is 11.5 Å². The molecule has 0 N–H and O–H groups in total. The lowest BCUT2D eigenvalue weighted by atomic mass is 9.84. The van der Waals surface area contributed by atoms with Crippen LogP contribution in [0.1, 0.15) is 34.1 Å². The summed E-state index contributed by atoms with van der Waals surface area (Å²) in [5, 5.41) is 9.51. The summed E-state index contributed by atoms with van der Waals surface area (Å²) in [5.74, 6) is 2.30. The van der Waals surface area contributed by atoms with Crippen molar-refractivity contribution in [3.8, 4) is 23.2 Å². The molecule has 0 saturated carbocycles. The van der Waals surface area contributed by atoms with Gasteiger partial charge in [-0.2, -0.15) is 5.10 Å². The van der Waals surface area contributed by atoms with E-state index in [1.54, 1.807) is 10.8 Å². The van der Waals surface area contributed by atoms with Crippen molar-refractivity contribution in [1.82, 2.24) is 29.4 Å². The molecular formula is C29H22N6O2. The van der Waals surface area contributed by atoms with Gasteiger partial charge in [0.05, 0.1) is 28.4 Å². The summed E-state index contributed by atoms with van der Waals surface area (Å²) in [7, 11) is 0. The second kappa shape index (κ2) is 8.60. The zero-order valence-electron chi connectivity index (χ0n) is 20.0. The van der Waals surface area contributed by atoms with Crippen LogP contribution in [0.4, 0.5) is 0 Å². The first-order chi connectivity index (χ1) is 18.3. The number of fused-ring (bicyclic) bond motifs is 4. The Labute approximate surface area is 212 Å². The van der Waals surface area contributed by atoms with Crippen molar-refractivity contribution >= 4 is 5.65 Å². The molecule has 180 valence electrons. The van der Waals surface area contributed by atoms with Crippen LogP contribution in [0.5, 0.6) is 17.5 Å². The van der Waals surface area contributed by atoms with Crippen molar-refractivity contribution < 1.29 is 9.47 Å². The lowest BCUT2D eigenvalue weighted by Crippen LogP contribution is -2.16. The van der Waals surface area contributed by atoms with Crippen molar-refractivity contribution in [2.24, 2.45) is 0 Å². The second-order valence-corrected chi connectivity index (χ2v) is 8.86. The Kier molecular flexibility index (Phi) is 4.95. The average molecular weight is 487 g/mol. The van der Waals surface area contributed by atoms with Crippen LogP contribution in [-0.4, -0.2) is 29.4 Å². The highest BCUT2D eigenvalue weighted by Crippen LogP contribution is 2.49. The van der Waals surface area contributed by atoms with Crippen LogP contribution < -0.4 is 9.47 Å². The number of benzene rings is 3. The number of hydrogen-bond acceptors (Lipinski definition) is 6. The third kappa shape index (κ3) is 3.61. The molecule has 37 heavy (non-hydrogen) atoms. The first-order valence-corrected chi connectivity index (χ1v) is 12.1. The molecule has 0 aliphatic carbocycles. The molecule has 0 fully saturated rings. The highest BCUT2D eigenvalue weighted by atomic mass is 16.5. The van der Waals surface area contributed by atoms with Crippen molar-refractivity contribution in [3.05, 3.63) is 126 Å². The second-order valence-electron chi connectivity index (χ2n) is 8.86. The van der Waals surface area contributed by atoms with Crippen LogP contribution in [0.15, 0.2) is 97.3 Å². The number of hydrogen-bond donors (Lipinski definition) is 0. The van der Waals surface area contributed by atoms with E-state index in [0.29, 0.717) is 23.2 Å². The van der Waals surface area contributed by atoms with Gasteiger partial charge in [0.25, 0.3) is 0 Å². The van der Waals surface area contributed by atoms with E-state index in [-0.39, 0.29) is 12.5 Å². The van der Waals surface area contributed by atoms with Crippen LogP contribution in [-0.2, 0) is 6.61 Å². The standard InChI is InChI=1S/C29H22N6O2/c1-19-24-25(20-11-5-2-6-12-20)26-27-31-23(17-36-22-15-9-4-10-16-22)33-34(27)18-30-28(26)37-29(24)35(32-19)21-13-7-3-8-14-21/h2-16,18,25H,17H2,1H3/t25-/m0/s1. The molecular weight excluding hydrogens is 464 g/mol. The molecule has 1 aliphatic heterocycles. The molecule has 3 aromatic carbocycles. The molecule has 3 aromatic heterocycles. The van der Waals surface area contributed by atoms with Gasteiger partial charge in [-0.15, -0.1) is 5.10 Å². The minimum atomic E-state index is -0.180. The van der Waals surface area contributed by atoms with Gasteiger partial charge in [0.2, 0.25) is 11.8 Å². The monoisotopic (exact) mass is 486 g/mol. The molecule has 0 unspecified atom stereocenters. The van der Waals surface area contributed by atoms with Crippen molar-refractivity contribution in [2.45, 2.75) is 19.4 Å². The molecule has 6 aromatic rings. The Balaban J connectivity index is 1.38. The summed E-state index contributed by atoms with van der Waals surface area (Å²) >= 11 is 0. The van der Waals surface area contributed by atoms with Crippen LogP contribution in [0.2, 0.25) is 0 Å². The average Bonchev–Trinajstić information content (AvgIpc) is 3.53. The fourth-order valence-electron chi connectivity index (χ4n) is 4.87. The largest absolute Gasteiger partial charge is 0.486 e. The predicted molar refractivity (Wildman–Crippen MR) is 137 cm³/mol. The van der Waals surface area contributed by atoms with E-state index in [1.807, 2.05) is 90.5 Å². The van der Waals surface area contributed by atoms with E-state index >= 15 is 0 Å². The molecule has 0 saturated heterocycles. The predicted octanol–water partition coefficient (Wildman–Crippen LogP) is 5.48. The first-order valence-electron chi connectivity index (χ1n) is 12.1. The molecule has 1 atom stereocenters. The van der Waals surface area contributed by atoms with E-state index in [1.165, 1.54) is 0 Å². The summed E-state index contributed by atoms with van der Waals surface area (Å²) in [6, 6.07) is 29.9. The normalized spacial score (nSPS) is 14.1. The van der Waals surface area contributed by atoms with Crippen molar-refractivity contribution in [2.75, 3.05) is 0 Å². The smallest absolute Gasteiger partial charge is 0.230 e. The minimum absolute atomic E-state index is 0.180. The van der Waals surface area contributed by atoms with E-state index in [0.717, 1.165) is 33.8 Å². The van der Waals surface area contributed by atoms with Gasteiger partial charge in [0, 0.05) is 0 Å². The lowest BCUT2D eigenvalue weighted by Gasteiger charge is -2.26. The summed E-state index contributed by atoms with van der Waals surface area (Å²) in [4.78, 5) is 9.52. The fraction of sp³-hybridized carbons (Fsp3) is 0.103. The number of para-hydroxylation sites is 2. The molecule has 8 heteroatoms.